The van der Waals surface area contributed by atoms with E-state index in [1.165, 1.54) is 11.6 Å². The second-order valence-electron chi connectivity index (χ2n) is 4.87. The quantitative estimate of drug-likeness (QED) is 0.779. The van der Waals surface area contributed by atoms with Gasteiger partial charge in [-0.2, -0.15) is 13.2 Å². The first kappa shape index (κ1) is 17.0. The lowest BCUT2D eigenvalue weighted by Crippen LogP contribution is -2.38. The number of hydrogen-bond acceptors (Lipinski definition) is 6. The molecule has 1 aromatic heterocycles. The first-order valence-corrected chi connectivity index (χ1v) is 7.62. The Hall–Kier alpha value is -1.36. The monoisotopic (exact) mass is 339 g/mol. The third kappa shape index (κ3) is 5.13. The molecule has 1 amide bonds. The van der Waals surface area contributed by atoms with E-state index in [1.54, 1.807) is 0 Å². The molecule has 2 atom stereocenters. The highest BCUT2D eigenvalue weighted by molar-refractivity contribution is 8.00. The van der Waals surface area contributed by atoms with Crippen LogP contribution in [0.4, 0.5) is 13.2 Å². The first-order valence-electron chi connectivity index (χ1n) is 6.74. The number of halogens is 3. The lowest BCUT2D eigenvalue weighted by atomic mass is 10.2. The number of rotatable bonds is 6. The Bertz CT molecular complexity index is 504. The molecular weight excluding hydrogens is 323 g/mol. The highest BCUT2D eigenvalue weighted by atomic mass is 32.2. The van der Waals surface area contributed by atoms with Gasteiger partial charge >= 0.3 is 6.18 Å². The molecule has 0 spiro atoms. The summed E-state index contributed by atoms with van der Waals surface area (Å²) < 4.78 is 43.2. The van der Waals surface area contributed by atoms with Gasteiger partial charge in [0.15, 0.2) is 0 Å². The molecule has 11 heteroatoms. The van der Waals surface area contributed by atoms with Crippen LogP contribution in [0.2, 0.25) is 0 Å². The molecule has 0 saturated carbocycles. The Morgan fingerprint density at radius 3 is 3.00 bits per heavy atom. The summed E-state index contributed by atoms with van der Waals surface area (Å²) in [5.74, 6) is -0.714. The summed E-state index contributed by atoms with van der Waals surface area (Å²) in [5, 5.41) is 12.6. The van der Waals surface area contributed by atoms with Crippen molar-refractivity contribution in [2.45, 2.75) is 49.0 Å². The normalized spacial score (nSPS) is 20.1. The van der Waals surface area contributed by atoms with E-state index in [9.17, 15) is 18.0 Å². The Morgan fingerprint density at radius 1 is 1.59 bits per heavy atom. The van der Waals surface area contributed by atoms with Crippen LogP contribution in [-0.4, -0.2) is 56.8 Å². The second-order valence-corrected chi connectivity index (χ2v) is 6.18. The van der Waals surface area contributed by atoms with Crippen LogP contribution in [0.5, 0.6) is 0 Å². The number of aromatic nitrogens is 4. The van der Waals surface area contributed by atoms with E-state index < -0.39 is 23.9 Å². The number of ether oxygens (including phenoxy) is 1. The molecule has 2 heterocycles. The molecule has 0 aromatic carbocycles. The van der Waals surface area contributed by atoms with E-state index in [1.807, 2.05) is 5.32 Å². The van der Waals surface area contributed by atoms with Crippen molar-refractivity contribution in [3.05, 3.63) is 0 Å². The Labute approximate surface area is 129 Å². The van der Waals surface area contributed by atoms with Crippen molar-refractivity contribution in [1.29, 1.82) is 0 Å². The van der Waals surface area contributed by atoms with Crippen molar-refractivity contribution < 1.29 is 22.7 Å². The number of nitrogens with one attached hydrogen (secondary N) is 1. The van der Waals surface area contributed by atoms with Crippen LogP contribution in [0, 0.1) is 0 Å². The summed E-state index contributed by atoms with van der Waals surface area (Å²) >= 11 is 1.01. The minimum absolute atomic E-state index is 0.0252. The zero-order chi connectivity index (χ0) is 16.2. The average molecular weight is 339 g/mol. The van der Waals surface area contributed by atoms with E-state index in [-0.39, 0.29) is 6.10 Å². The van der Waals surface area contributed by atoms with Crippen molar-refractivity contribution >= 4 is 17.7 Å². The molecule has 1 saturated heterocycles. The van der Waals surface area contributed by atoms with Crippen LogP contribution in [-0.2, 0) is 16.1 Å². The molecule has 0 aliphatic carbocycles. The highest BCUT2D eigenvalue weighted by Crippen LogP contribution is 2.22. The molecule has 1 N–H and O–H groups in total. The van der Waals surface area contributed by atoms with Crippen LogP contribution in [0.15, 0.2) is 5.16 Å². The molecule has 7 nitrogen and oxygen atoms in total. The molecule has 1 fully saturated rings. The predicted octanol–water partition coefficient (Wildman–Crippen LogP) is 1.01. The van der Waals surface area contributed by atoms with Gasteiger partial charge in [0.25, 0.3) is 0 Å². The smallest absolute Gasteiger partial charge is 0.376 e. The van der Waals surface area contributed by atoms with Gasteiger partial charge in [-0.05, 0) is 30.2 Å². The highest BCUT2D eigenvalue weighted by Gasteiger charge is 2.29. The van der Waals surface area contributed by atoms with Crippen molar-refractivity contribution in [2.24, 2.45) is 0 Å². The number of tetrazole rings is 1. The lowest BCUT2D eigenvalue weighted by molar-refractivity contribution is -0.137. The van der Waals surface area contributed by atoms with Crippen LogP contribution < -0.4 is 5.32 Å². The van der Waals surface area contributed by atoms with Crippen LogP contribution >= 0.6 is 11.8 Å². The van der Waals surface area contributed by atoms with Gasteiger partial charge in [0.1, 0.15) is 6.54 Å². The summed E-state index contributed by atoms with van der Waals surface area (Å²) in [7, 11) is 0. The fraction of sp³-hybridized carbons (Fsp3) is 0.818. The van der Waals surface area contributed by atoms with Crippen molar-refractivity contribution in [1.82, 2.24) is 25.5 Å². The number of carbonyl (C=O) groups is 1. The minimum atomic E-state index is -4.43. The number of thioether (sulfide) groups is 1. The molecule has 1 aromatic rings. The van der Waals surface area contributed by atoms with Crippen molar-refractivity contribution in [2.75, 3.05) is 13.2 Å². The van der Waals surface area contributed by atoms with Crippen LogP contribution in [0.1, 0.15) is 19.8 Å². The average Bonchev–Trinajstić information content (AvgIpc) is 3.08. The van der Waals surface area contributed by atoms with Gasteiger partial charge in [-0.1, -0.05) is 11.8 Å². The molecular formula is C11H16F3N5O2S. The molecule has 2 rings (SSSR count). The number of nitrogens with zero attached hydrogens (tertiary/aromatic N) is 4. The maximum absolute atomic E-state index is 12.1. The van der Waals surface area contributed by atoms with E-state index in [0.717, 1.165) is 24.6 Å². The molecule has 124 valence electrons. The van der Waals surface area contributed by atoms with Gasteiger partial charge in [0, 0.05) is 6.61 Å². The molecule has 2 unspecified atom stereocenters. The molecule has 0 radical (unpaired) electrons. The number of alkyl halides is 3. The topological polar surface area (TPSA) is 81.9 Å². The Morgan fingerprint density at radius 2 is 2.36 bits per heavy atom. The van der Waals surface area contributed by atoms with E-state index in [4.69, 9.17) is 4.74 Å². The summed E-state index contributed by atoms with van der Waals surface area (Å²) in [4.78, 5) is 11.6. The molecule has 1 aliphatic rings. The predicted molar refractivity (Wildman–Crippen MR) is 71.2 cm³/mol. The molecule has 1 aliphatic heterocycles. The van der Waals surface area contributed by atoms with Gasteiger partial charge in [-0.15, -0.1) is 5.10 Å². The third-order valence-electron chi connectivity index (χ3n) is 3.01. The SMILES string of the molecule is CC(Sc1nnnn1CC1CCCO1)C(=O)NCC(F)(F)F. The van der Waals surface area contributed by atoms with Crippen LogP contribution in [0.3, 0.4) is 0 Å². The standard InChI is InChI=1S/C11H16F3N5O2S/c1-7(9(20)15-6-11(12,13)14)22-10-16-17-18-19(10)5-8-3-2-4-21-8/h7-8H,2-6H2,1H3,(H,15,20). The number of carbonyl (C=O) groups excluding carboxylic acids is 1. The third-order valence-corrected chi connectivity index (χ3v) is 4.08. The Kier molecular flexibility index (Phi) is 5.62. The first-order chi connectivity index (χ1) is 10.3. The van der Waals surface area contributed by atoms with Gasteiger partial charge < -0.3 is 10.1 Å². The van der Waals surface area contributed by atoms with Gasteiger partial charge in [0.2, 0.25) is 11.1 Å². The van der Waals surface area contributed by atoms with Gasteiger partial charge in [-0.3, -0.25) is 4.79 Å². The number of hydrogen-bond donors (Lipinski definition) is 1. The second kappa shape index (κ2) is 7.27. The fourth-order valence-corrected chi connectivity index (χ4v) is 2.74. The summed E-state index contributed by atoms with van der Waals surface area (Å²) in [6, 6.07) is 0. The minimum Gasteiger partial charge on any atom is -0.376 e. The van der Waals surface area contributed by atoms with Crippen LogP contribution in [0.25, 0.3) is 0 Å². The summed E-state index contributed by atoms with van der Waals surface area (Å²) in [6.07, 6.45) is -2.52. The lowest BCUT2D eigenvalue weighted by Gasteiger charge is -2.14. The van der Waals surface area contributed by atoms with E-state index >= 15 is 0 Å². The zero-order valence-corrected chi connectivity index (χ0v) is 12.7. The van der Waals surface area contributed by atoms with E-state index in [2.05, 4.69) is 15.5 Å². The summed E-state index contributed by atoms with van der Waals surface area (Å²) in [5.41, 5.74) is 0. The van der Waals surface area contributed by atoms with Crippen molar-refractivity contribution in [3.63, 3.8) is 0 Å². The molecule has 0 bridgehead atoms. The number of amides is 1. The van der Waals surface area contributed by atoms with E-state index in [0.29, 0.717) is 18.3 Å². The Balaban J connectivity index is 1.87. The largest absolute Gasteiger partial charge is 0.405 e. The zero-order valence-electron chi connectivity index (χ0n) is 11.8. The van der Waals surface area contributed by atoms with Crippen molar-refractivity contribution in [3.8, 4) is 0 Å². The summed E-state index contributed by atoms with van der Waals surface area (Å²) in [6.45, 7) is 1.32. The van der Waals surface area contributed by atoms with Gasteiger partial charge in [-0.25, -0.2) is 4.68 Å². The maximum Gasteiger partial charge on any atom is 0.405 e. The van der Waals surface area contributed by atoms with Gasteiger partial charge in [0.05, 0.1) is 17.9 Å². The maximum atomic E-state index is 12.1. The molecule has 22 heavy (non-hydrogen) atoms. The fourth-order valence-electron chi connectivity index (χ4n) is 1.92.